The highest BCUT2D eigenvalue weighted by Gasteiger charge is 1.95. The maximum absolute atomic E-state index is 8.13. The van der Waals surface area contributed by atoms with Crippen LogP contribution in [0.2, 0.25) is 0 Å². The second-order valence-corrected chi connectivity index (χ2v) is 3.34. The first-order valence-electron chi connectivity index (χ1n) is 5.71. The molecule has 2 heteroatoms. The zero-order valence-electron chi connectivity index (χ0n) is 10.2. The Morgan fingerprint density at radius 2 is 1.64 bits per heavy atom. The number of hydrogen-bond acceptors (Lipinski definition) is 2. The molecule has 14 heavy (non-hydrogen) atoms. The molecule has 0 amide bonds. The molecule has 1 unspecified atom stereocenters. The van der Waals surface area contributed by atoms with Crippen molar-refractivity contribution in [3.8, 4) is 6.07 Å². The fraction of sp³-hybridized carbons (Fsp3) is 0.917. The summed E-state index contributed by atoms with van der Waals surface area (Å²) < 4.78 is 5.06. The average Bonchev–Trinajstić information content (AvgIpc) is 2.16. The van der Waals surface area contributed by atoms with Gasteiger partial charge in [-0.3, -0.25) is 0 Å². The molecule has 0 N–H and O–H groups in total. The molecule has 0 fully saturated rings. The Morgan fingerprint density at radius 3 is 1.93 bits per heavy atom. The second-order valence-electron chi connectivity index (χ2n) is 3.34. The molecule has 0 radical (unpaired) electrons. The average molecular weight is 199 g/mol. The summed E-state index contributed by atoms with van der Waals surface area (Å²) in [4.78, 5) is 0. The van der Waals surface area contributed by atoms with Crippen molar-refractivity contribution in [3.63, 3.8) is 0 Å². The summed E-state index contributed by atoms with van der Waals surface area (Å²) in [5, 5.41) is 8.13. The summed E-state index contributed by atoms with van der Waals surface area (Å²) in [5.74, 6) is 0. The van der Waals surface area contributed by atoms with E-state index in [1.54, 1.807) is 0 Å². The molecule has 0 aromatic rings. The molecule has 0 saturated heterocycles. The van der Waals surface area contributed by atoms with E-state index in [4.69, 9.17) is 10.00 Å². The van der Waals surface area contributed by atoms with Gasteiger partial charge < -0.3 is 4.74 Å². The summed E-state index contributed by atoms with van der Waals surface area (Å²) in [6.07, 6.45) is 6.13. The lowest BCUT2D eigenvalue weighted by atomic mass is 10.2. The first-order valence-corrected chi connectivity index (χ1v) is 5.71. The summed E-state index contributed by atoms with van der Waals surface area (Å²) in [5.41, 5.74) is 0. The van der Waals surface area contributed by atoms with Crippen molar-refractivity contribution < 1.29 is 4.74 Å². The van der Waals surface area contributed by atoms with E-state index in [1.165, 1.54) is 25.7 Å². The Balaban J connectivity index is 0. The van der Waals surface area contributed by atoms with E-state index in [0.29, 0.717) is 13.0 Å². The SMILES string of the molecule is CCCCCC.CCOC(C)CC#N. The second kappa shape index (κ2) is 14.9. The lowest BCUT2D eigenvalue weighted by Gasteiger charge is -2.04. The van der Waals surface area contributed by atoms with Crippen molar-refractivity contribution in [3.05, 3.63) is 0 Å². The van der Waals surface area contributed by atoms with Gasteiger partial charge in [0.25, 0.3) is 0 Å². The highest BCUT2D eigenvalue weighted by Crippen LogP contribution is 1.95. The van der Waals surface area contributed by atoms with Gasteiger partial charge in [-0.15, -0.1) is 0 Å². The van der Waals surface area contributed by atoms with Gasteiger partial charge in [-0.1, -0.05) is 39.5 Å². The maximum Gasteiger partial charge on any atom is 0.0676 e. The zero-order chi connectivity index (χ0) is 11.2. The Labute approximate surface area is 89.3 Å². The van der Waals surface area contributed by atoms with E-state index < -0.39 is 0 Å². The normalized spacial score (nSPS) is 11.1. The standard InChI is InChI=1S/C6H11NO.C6H14/c1-3-8-6(2)4-5-7;1-3-5-6-4-2/h6H,3-4H2,1-2H3;3-6H2,1-2H3. The maximum atomic E-state index is 8.13. The molecule has 0 aromatic heterocycles. The number of ether oxygens (including phenoxy) is 1. The van der Waals surface area contributed by atoms with Gasteiger partial charge >= 0.3 is 0 Å². The zero-order valence-corrected chi connectivity index (χ0v) is 10.2. The minimum absolute atomic E-state index is 0.102. The van der Waals surface area contributed by atoms with Crippen molar-refractivity contribution in [2.45, 2.75) is 65.9 Å². The minimum Gasteiger partial charge on any atom is -0.378 e. The van der Waals surface area contributed by atoms with Crippen LogP contribution in [0.3, 0.4) is 0 Å². The van der Waals surface area contributed by atoms with E-state index in [9.17, 15) is 0 Å². The number of hydrogen-bond donors (Lipinski definition) is 0. The van der Waals surface area contributed by atoms with Crippen molar-refractivity contribution in [2.24, 2.45) is 0 Å². The lowest BCUT2D eigenvalue weighted by molar-refractivity contribution is 0.0799. The number of nitriles is 1. The topological polar surface area (TPSA) is 33.0 Å². The monoisotopic (exact) mass is 199 g/mol. The third-order valence-electron chi connectivity index (χ3n) is 1.79. The predicted molar refractivity (Wildman–Crippen MR) is 61.1 cm³/mol. The lowest BCUT2D eigenvalue weighted by Crippen LogP contribution is -2.05. The van der Waals surface area contributed by atoms with Gasteiger partial charge in [0.2, 0.25) is 0 Å². The van der Waals surface area contributed by atoms with Crippen LogP contribution in [0.25, 0.3) is 0 Å². The minimum atomic E-state index is 0.102. The van der Waals surface area contributed by atoms with Gasteiger partial charge in [0.05, 0.1) is 18.6 Å². The number of nitrogens with zero attached hydrogens (tertiary/aromatic N) is 1. The van der Waals surface area contributed by atoms with Gasteiger partial charge in [0, 0.05) is 6.61 Å². The molecule has 1 atom stereocenters. The molecule has 0 aliphatic heterocycles. The Morgan fingerprint density at radius 1 is 1.14 bits per heavy atom. The summed E-state index contributed by atoms with van der Waals surface area (Å²) >= 11 is 0. The fourth-order valence-corrected chi connectivity index (χ4v) is 0.972. The van der Waals surface area contributed by atoms with Gasteiger partial charge in [-0.2, -0.15) is 5.26 Å². The molecule has 0 aromatic carbocycles. The Bertz CT molecular complexity index is 125. The highest BCUT2D eigenvalue weighted by molar-refractivity contribution is 4.72. The summed E-state index contributed by atoms with van der Waals surface area (Å²) in [6, 6.07) is 2.03. The first-order chi connectivity index (χ1) is 6.72. The van der Waals surface area contributed by atoms with Crippen LogP contribution in [0.5, 0.6) is 0 Å². The van der Waals surface area contributed by atoms with Gasteiger partial charge in [0.15, 0.2) is 0 Å². The molecule has 0 aliphatic rings. The van der Waals surface area contributed by atoms with Crippen molar-refractivity contribution >= 4 is 0 Å². The van der Waals surface area contributed by atoms with E-state index in [0.717, 1.165) is 0 Å². The molecule has 0 saturated carbocycles. The molecule has 0 spiro atoms. The molecule has 84 valence electrons. The van der Waals surface area contributed by atoms with Crippen LogP contribution >= 0.6 is 0 Å². The molecule has 0 heterocycles. The number of rotatable bonds is 6. The molecule has 0 bridgehead atoms. The van der Waals surface area contributed by atoms with Crippen LogP contribution in [0.1, 0.15) is 59.8 Å². The first kappa shape index (κ1) is 15.9. The largest absolute Gasteiger partial charge is 0.378 e. The van der Waals surface area contributed by atoms with Gasteiger partial charge in [0.1, 0.15) is 0 Å². The quantitative estimate of drug-likeness (QED) is 0.607. The third-order valence-corrected chi connectivity index (χ3v) is 1.79. The smallest absolute Gasteiger partial charge is 0.0676 e. The van der Waals surface area contributed by atoms with Gasteiger partial charge in [-0.25, -0.2) is 0 Å². The molecular formula is C12H25NO. The molecule has 0 aliphatic carbocycles. The van der Waals surface area contributed by atoms with Crippen LogP contribution in [0, 0.1) is 11.3 Å². The predicted octanol–water partition coefficient (Wildman–Crippen LogP) is 3.91. The van der Waals surface area contributed by atoms with Crippen molar-refractivity contribution in [2.75, 3.05) is 6.61 Å². The van der Waals surface area contributed by atoms with E-state index in [-0.39, 0.29) is 6.10 Å². The number of unbranched alkanes of at least 4 members (excludes halogenated alkanes) is 3. The van der Waals surface area contributed by atoms with Gasteiger partial charge in [-0.05, 0) is 13.8 Å². The molecule has 0 rings (SSSR count). The van der Waals surface area contributed by atoms with Crippen LogP contribution in [-0.4, -0.2) is 12.7 Å². The summed E-state index contributed by atoms with van der Waals surface area (Å²) in [7, 11) is 0. The Hall–Kier alpha value is -0.550. The molecular weight excluding hydrogens is 174 g/mol. The summed E-state index contributed by atoms with van der Waals surface area (Å²) in [6.45, 7) is 8.98. The molecule has 2 nitrogen and oxygen atoms in total. The van der Waals surface area contributed by atoms with Crippen LogP contribution in [0.15, 0.2) is 0 Å². The van der Waals surface area contributed by atoms with E-state index in [1.807, 2.05) is 19.9 Å². The van der Waals surface area contributed by atoms with E-state index in [2.05, 4.69) is 13.8 Å². The van der Waals surface area contributed by atoms with E-state index >= 15 is 0 Å². The van der Waals surface area contributed by atoms with Crippen LogP contribution in [0.4, 0.5) is 0 Å². The van der Waals surface area contributed by atoms with Crippen LogP contribution in [-0.2, 0) is 4.74 Å². The van der Waals surface area contributed by atoms with Crippen molar-refractivity contribution in [1.29, 1.82) is 5.26 Å². The fourth-order valence-electron chi connectivity index (χ4n) is 0.972. The van der Waals surface area contributed by atoms with Crippen molar-refractivity contribution in [1.82, 2.24) is 0 Å². The third kappa shape index (κ3) is 17.5. The highest BCUT2D eigenvalue weighted by atomic mass is 16.5. The van der Waals surface area contributed by atoms with Crippen LogP contribution < -0.4 is 0 Å². The Kier molecular flexibility index (Phi) is 17.0.